The predicted molar refractivity (Wildman–Crippen MR) is 146 cm³/mol. The van der Waals surface area contributed by atoms with Gasteiger partial charge in [0.05, 0.1) is 6.61 Å². The minimum Gasteiger partial charge on any atom is -0.494 e. The zero-order valence-electron chi connectivity index (χ0n) is 21.3. The lowest BCUT2D eigenvalue weighted by Crippen LogP contribution is -2.16. The first kappa shape index (κ1) is 25.2. The summed E-state index contributed by atoms with van der Waals surface area (Å²) in [4.78, 5) is 0. The molecule has 3 aromatic carbocycles. The molecule has 35 heavy (non-hydrogen) atoms. The summed E-state index contributed by atoms with van der Waals surface area (Å²) in [5.74, 6) is 2.72. The van der Waals surface area contributed by atoms with E-state index in [0.717, 1.165) is 23.8 Å². The highest BCUT2D eigenvalue weighted by Gasteiger charge is 2.23. The molecule has 0 unspecified atom stereocenters. The molecule has 0 radical (unpaired) electrons. The number of hydrogen-bond donors (Lipinski definition) is 0. The molecule has 0 aliphatic heterocycles. The molecule has 1 aliphatic rings. The zero-order valence-corrected chi connectivity index (χ0v) is 21.3. The second-order valence-electron chi connectivity index (χ2n) is 10.2. The molecule has 1 fully saturated rings. The van der Waals surface area contributed by atoms with Gasteiger partial charge in [-0.15, -0.1) is 0 Å². The maximum Gasteiger partial charge on any atom is 0.134 e. The van der Waals surface area contributed by atoms with Crippen LogP contribution in [0.25, 0.3) is 12.2 Å². The lowest BCUT2D eigenvalue weighted by atomic mass is 9.76. The predicted octanol–water partition coefficient (Wildman–Crippen LogP) is 9.33. The van der Waals surface area contributed by atoms with Gasteiger partial charge in [0.1, 0.15) is 11.6 Å². The van der Waals surface area contributed by atoms with Crippen LogP contribution in [0, 0.1) is 17.7 Å². The highest BCUT2D eigenvalue weighted by Crippen LogP contribution is 2.37. The van der Waals surface area contributed by atoms with Crippen LogP contribution in [-0.4, -0.2) is 6.61 Å². The molecular formula is C33H39FO. The Hall–Kier alpha value is -2.87. The zero-order chi connectivity index (χ0) is 24.5. The Morgan fingerprint density at radius 1 is 0.886 bits per heavy atom. The topological polar surface area (TPSA) is 9.23 Å². The van der Waals surface area contributed by atoms with Gasteiger partial charge in [0.25, 0.3) is 0 Å². The first-order valence-electron chi connectivity index (χ1n) is 13.3. The van der Waals surface area contributed by atoms with Gasteiger partial charge in [-0.2, -0.15) is 0 Å². The summed E-state index contributed by atoms with van der Waals surface area (Å²) in [5.41, 5.74) is 4.55. The third-order valence-corrected chi connectivity index (χ3v) is 7.58. The van der Waals surface area contributed by atoms with Gasteiger partial charge in [0.2, 0.25) is 0 Å². The van der Waals surface area contributed by atoms with Gasteiger partial charge in [-0.3, -0.25) is 0 Å². The summed E-state index contributed by atoms with van der Waals surface area (Å²) in [6.07, 6.45) is 13.1. The number of ether oxygens (including phenoxy) is 1. The van der Waals surface area contributed by atoms with E-state index in [1.54, 1.807) is 6.07 Å². The standard InChI is InChI=1S/C33H39FO/c1-3-35-32-22-21-31(33(34)24-32)20-19-28-13-11-26(12-14-28)9-10-27-15-17-29(18-16-27)23-25(2)30-7-5-4-6-8-30/h4-8,11-14,19-22,24-25,27,29H,3,9-10,15-18,23H2,1-2H3/t25-,27?,29?/m0/s1. The molecule has 4 rings (SSSR count). The quantitative estimate of drug-likeness (QED) is 0.268. The van der Waals surface area contributed by atoms with E-state index in [-0.39, 0.29) is 5.82 Å². The fourth-order valence-electron chi connectivity index (χ4n) is 5.43. The van der Waals surface area contributed by atoms with Gasteiger partial charge in [0.15, 0.2) is 0 Å². The Labute approximate surface area is 211 Å². The Bertz CT molecular complexity index is 1060. The highest BCUT2D eigenvalue weighted by atomic mass is 19.1. The van der Waals surface area contributed by atoms with Crippen molar-refractivity contribution < 1.29 is 9.13 Å². The first-order valence-corrected chi connectivity index (χ1v) is 13.3. The molecule has 1 aliphatic carbocycles. The molecule has 3 aromatic rings. The second-order valence-corrected chi connectivity index (χ2v) is 10.2. The van der Waals surface area contributed by atoms with Crippen LogP contribution in [0.1, 0.15) is 80.5 Å². The van der Waals surface area contributed by atoms with Crippen molar-refractivity contribution >= 4 is 12.2 Å². The number of aryl methyl sites for hydroxylation is 1. The average molecular weight is 471 g/mol. The summed E-state index contributed by atoms with van der Waals surface area (Å²) >= 11 is 0. The molecule has 0 N–H and O–H groups in total. The summed E-state index contributed by atoms with van der Waals surface area (Å²) in [6.45, 7) is 4.82. The molecule has 0 spiro atoms. The van der Waals surface area contributed by atoms with Crippen molar-refractivity contribution in [1.82, 2.24) is 0 Å². The number of rotatable bonds is 10. The van der Waals surface area contributed by atoms with Crippen LogP contribution in [0.3, 0.4) is 0 Å². The van der Waals surface area contributed by atoms with Crippen LogP contribution < -0.4 is 4.74 Å². The molecule has 1 nitrogen and oxygen atoms in total. The van der Waals surface area contributed by atoms with Crippen molar-refractivity contribution in [3.8, 4) is 5.75 Å². The Kier molecular flexibility index (Phi) is 9.17. The van der Waals surface area contributed by atoms with E-state index in [1.807, 2.05) is 25.1 Å². The van der Waals surface area contributed by atoms with E-state index in [4.69, 9.17) is 4.74 Å². The van der Waals surface area contributed by atoms with Crippen LogP contribution >= 0.6 is 0 Å². The van der Waals surface area contributed by atoms with Gasteiger partial charge in [-0.1, -0.05) is 99.4 Å². The molecule has 1 atom stereocenters. The van der Waals surface area contributed by atoms with Gasteiger partial charge in [-0.05, 0) is 72.8 Å². The Balaban J connectivity index is 1.20. The molecule has 0 heterocycles. The van der Waals surface area contributed by atoms with E-state index in [2.05, 4.69) is 61.5 Å². The first-order chi connectivity index (χ1) is 17.1. The van der Waals surface area contributed by atoms with Gasteiger partial charge in [-0.25, -0.2) is 4.39 Å². The lowest BCUT2D eigenvalue weighted by Gasteiger charge is -2.30. The van der Waals surface area contributed by atoms with Crippen molar-refractivity contribution in [3.05, 3.63) is 101 Å². The van der Waals surface area contributed by atoms with E-state index in [9.17, 15) is 4.39 Å². The van der Waals surface area contributed by atoms with Crippen molar-refractivity contribution in [2.45, 2.75) is 64.7 Å². The fourth-order valence-corrected chi connectivity index (χ4v) is 5.43. The molecule has 184 valence electrons. The molecule has 1 saturated carbocycles. The minimum atomic E-state index is -0.256. The van der Waals surface area contributed by atoms with Crippen molar-refractivity contribution in [2.24, 2.45) is 11.8 Å². The average Bonchev–Trinajstić information content (AvgIpc) is 2.89. The van der Waals surface area contributed by atoms with E-state index >= 15 is 0 Å². The van der Waals surface area contributed by atoms with Gasteiger partial charge >= 0.3 is 0 Å². The SMILES string of the molecule is CCOc1ccc(C=Cc2ccc(CCC3CCC(C[C@H](C)c4ccccc4)CC3)cc2)c(F)c1. The highest BCUT2D eigenvalue weighted by molar-refractivity contribution is 5.70. The molecule has 0 aromatic heterocycles. The van der Waals surface area contributed by atoms with E-state index < -0.39 is 0 Å². The number of benzene rings is 3. The molecule has 0 bridgehead atoms. The summed E-state index contributed by atoms with van der Waals surface area (Å²) in [7, 11) is 0. The molecular weight excluding hydrogens is 431 g/mol. The van der Waals surface area contributed by atoms with Crippen molar-refractivity contribution in [3.63, 3.8) is 0 Å². The molecule has 0 saturated heterocycles. The summed E-state index contributed by atoms with van der Waals surface area (Å²) < 4.78 is 19.6. The smallest absolute Gasteiger partial charge is 0.134 e. The Morgan fingerprint density at radius 2 is 1.60 bits per heavy atom. The fraction of sp³-hybridized carbons (Fsp3) is 0.394. The minimum absolute atomic E-state index is 0.256. The van der Waals surface area contributed by atoms with Crippen molar-refractivity contribution in [1.29, 1.82) is 0 Å². The van der Waals surface area contributed by atoms with E-state index in [1.165, 1.54) is 55.7 Å². The summed E-state index contributed by atoms with van der Waals surface area (Å²) in [5, 5.41) is 0. The van der Waals surface area contributed by atoms with Crippen molar-refractivity contribution in [2.75, 3.05) is 6.61 Å². The third-order valence-electron chi connectivity index (χ3n) is 7.58. The largest absolute Gasteiger partial charge is 0.494 e. The van der Waals surface area contributed by atoms with Gasteiger partial charge < -0.3 is 4.74 Å². The van der Waals surface area contributed by atoms with Crippen LogP contribution in [-0.2, 0) is 6.42 Å². The van der Waals surface area contributed by atoms with Gasteiger partial charge in [0, 0.05) is 11.6 Å². The number of halogens is 1. The van der Waals surface area contributed by atoms with E-state index in [0.29, 0.717) is 23.8 Å². The molecule has 0 amide bonds. The monoisotopic (exact) mass is 470 g/mol. The van der Waals surface area contributed by atoms with Crippen LogP contribution in [0.15, 0.2) is 72.8 Å². The maximum absolute atomic E-state index is 14.3. The molecule has 2 heteroatoms. The van der Waals surface area contributed by atoms with Crippen LogP contribution in [0.2, 0.25) is 0 Å². The number of hydrogen-bond acceptors (Lipinski definition) is 1. The normalized spacial score (nSPS) is 19.1. The lowest BCUT2D eigenvalue weighted by molar-refractivity contribution is 0.245. The Morgan fingerprint density at radius 3 is 2.29 bits per heavy atom. The van der Waals surface area contributed by atoms with Crippen LogP contribution in [0.5, 0.6) is 5.75 Å². The third kappa shape index (κ3) is 7.56. The van der Waals surface area contributed by atoms with Crippen LogP contribution in [0.4, 0.5) is 4.39 Å². The maximum atomic E-state index is 14.3. The summed E-state index contributed by atoms with van der Waals surface area (Å²) in [6, 6.07) is 24.7. The second kappa shape index (κ2) is 12.7.